The largest absolute Gasteiger partial charge is 0.481 e. The third-order valence-electron chi connectivity index (χ3n) is 4.37. The Labute approximate surface area is 134 Å². The van der Waals surface area contributed by atoms with Gasteiger partial charge in [-0.2, -0.15) is 0 Å². The fourth-order valence-corrected chi connectivity index (χ4v) is 2.87. The van der Waals surface area contributed by atoms with Gasteiger partial charge in [-0.25, -0.2) is 0 Å². The summed E-state index contributed by atoms with van der Waals surface area (Å²) in [4.78, 5) is 24.5. The number of morpholine rings is 1. The van der Waals surface area contributed by atoms with Crippen LogP contribution in [0.2, 0.25) is 0 Å². The number of aliphatic carboxylic acids is 1. The topological polar surface area (TPSA) is 80.0 Å². The molecular weight excluding hydrogens is 298 g/mol. The first-order chi connectivity index (χ1) is 11.0. The van der Waals surface area contributed by atoms with E-state index in [1.54, 1.807) is 11.0 Å². The van der Waals surface area contributed by atoms with Gasteiger partial charge in [-0.05, 0) is 30.5 Å². The van der Waals surface area contributed by atoms with E-state index in [1.807, 2.05) is 12.1 Å². The van der Waals surface area contributed by atoms with Crippen molar-refractivity contribution in [3.05, 3.63) is 29.7 Å². The van der Waals surface area contributed by atoms with Crippen LogP contribution in [0.25, 0.3) is 6.08 Å². The summed E-state index contributed by atoms with van der Waals surface area (Å²) in [7, 11) is 0. The number of rotatable bonds is 5. The van der Waals surface area contributed by atoms with Crippen molar-refractivity contribution in [1.29, 1.82) is 0 Å². The van der Waals surface area contributed by atoms with Crippen LogP contribution >= 0.6 is 0 Å². The molecule has 1 aliphatic heterocycles. The van der Waals surface area contributed by atoms with Crippen molar-refractivity contribution in [2.45, 2.75) is 31.8 Å². The van der Waals surface area contributed by atoms with Crippen LogP contribution < -0.4 is 0 Å². The molecule has 2 heterocycles. The second kappa shape index (κ2) is 6.58. The van der Waals surface area contributed by atoms with Crippen molar-refractivity contribution in [1.82, 2.24) is 4.90 Å². The Bertz CT molecular complexity index is 620. The Morgan fingerprint density at radius 3 is 2.91 bits per heavy atom. The predicted octanol–water partition coefficient (Wildman–Crippen LogP) is 2.12. The van der Waals surface area contributed by atoms with Gasteiger partial charge in [-0.1, -0.05) is 6.92 Å². The molecule has 3 atom stereocenters. The molecule has 1 saturated carbocycles. The average molecular weight is 319 g/mol. The zero-order valence-corrected chi connectivity index (χ0v) is 13.1. The molecule has 0 bridgehead atoms. The molecule has 3 rings (SSSR count). The lowest BCUT2D eigenvalue weighted by Gasteiger charge is -2.31. The maximum Gasteiger partial charge on any atom is 0.306 e. The molecular formula is C17H21NO5. The van der Waals surface area contributed by atoms with Crippen LogP contribution in [0.5, 0.6) is 0 Å². The highest BCUT2D eigenvalue weighted by Crippen LogP contribution is 2.47. The van der Waals surface area contributed by atoms with E-state index in [2.05, 4.69) is 6.92 Å². The normalized spacial score (nSPS) is 27.3. The molecule has 124 valence electrons. The standard InChI is InChI=1S/C17H21NO5/c1-11-8-14(11)15-4-2-12(23-15)3-5-16(19)18-6-7-22-13(10-18)9-17(20)21/h2-5,11,13-14H,6-10H2,1H3,(H,20,21). The van der Waals surface area contributed by atoms with Crippen LogP contribution in [0.15, 0.2) is 22.6 Å². The number of carboxylic acids is 1. The molecule has 2 aliphatic rings. The highest BCUT2D eigenvalue weighted by atomic mass is 16.5. The number of furan rings is 1. The molecule has 0 aromatic carbocycles. The zero-order valence-electron chi connectivity index (χ0n) is 13.1. The summed E-state index contributed by atoms with van der Waals surface area (Å²) in [5.74, 6) is 1.78. The number of hydrogen-bond acceptors (Lipinski definition) is 4. The Balaban J connectivity index is 1.55. The second-order valence-corrected chi connectivity index (χ2v) is 6.27. The van der Waals surface area contributed by atoms with E-state index in [4.69, 9.17) is 14.3 Å². The lowest BCUT2D eigenvalue weighted by Crippen LogP contribution is -2.45. The molecule has 1 aromatic rings. The van der Waals surface area contributed by atoms with Gasteiger partial charge in [-0.3, -0.25) is 9.59 Å². The lowest BCUT2D eigenvalue weighted by molar-refractivity contribution is -0.145. The first kappa shape index (κ1) is 15.8. The van der Waals surface area contributed by atoms with Gasteiger partial charge in [0.05, 0.1) is 19.1 Å². The maximum atomic E-state index is 12.2. The Morgan fingerprint density at radius 2 is 2.22 bits per heavy atom. The number of amides is 1. The minimum atomic E-state index is -0.919. The predicted molar refractivity (Wildman–Crippen MR) is 82.8 cm³/mol. The van der Waals surface area contributed by atoms with Crippen molar-refractivity contribution in [3.63, 3.8) is 0 Å². The Hall–Kier alpha value is -2.08. The monoisotopic (exact) mass is 319 g/mol. The first-order valence-electron chi connectivity index (χ1n) is 7.93. The minimum absolute atomic E-state index is 0.0887. The number of ether oxygens (including phenoxy) is 1. The second-order valence-electron chi connectivity index (χ2n) is 6.27. The van der Waals surface area contributed by atoms with Crippen LogP contribution in [-0.2, 0) is 14.3 Å². The molecule has 1 saturated heterocycles. The van der Waals surface area contributed by atoms with Crippen molar-refractivity contribution in [2.75, 3.05) is 19.7 Å². The summed E-state index contributed by atoms with van der Waals surface area (Å²) in [6.45, 7) is 3.33. The maximum absolute atomic E-state index is 12.2. The van der Waals surface area contributed by atoms with E-state index in [1.165, 1.54) is 6.08 Å². The van der Waals surface area contributed by atoms with Crippen molar-refractivity contribution in [3.8, 4) is 0 Å². The van der Waals surface area contributed by atoms with Crippen LogP contribution in [0, 0.1) is 5.92 Å². The van der Waals surface area contributed by atoms with Crippen LogP contribution in [0.3, 0.4) is 0 Å². The first-order valence-corrected chi connectivity index (χ1v) is 7.93. The van der Waals surface area contributed by atoms with E-state index in [0.717, 1.165) is 12.2 Å². The summed E-state index contributed by atoms with van der Waals surface area (Å²) in [6, 6.07) is 3.84. The third kappa shape index (κ3) is 4.01. The van der Waals surface area contributed by atoms with E-state index in [9.17, 15) is 9.59 Å². The van der Waals surface area contributed by atoms with E-state index in [-0.39, 0.29) is 12.3 Å². The SMILES string of the molecule is CC1CC1c1ccc(C=CC(=O)N2CCOC(CC(=O)O)C2)o1. The third-order valence-corrected chi connectivity index (χ3v) is 4.37. The fraction of sp³-hybridized carbons (Fsp3) is 0.529. The smallest absolute Gasteiger partial charge is 0.306 e. The summed E-state index contributed by atoms with van der Waals surface area (Å²) in [5, 5.41) is 8.80. The van der Waals surface area contributed by atoms with Crippen molar-refractivity contribution < 1.29 is 23.8 Å². The lowest BCUT2D eigenvalue weighted by atomic mass is 10.2. The van der Waals surface area contributed by atoms with Crippen molar-refractivity contribution >= 4 is 18.0 Å². The Morgan fingerprint density at radius 1 is 1.43 bits per heavy atom. The molecule has 23 heavy (non-hydrogen) atoms. The van der Waals surface area contributed by atoms with E-state index in [0.29, 0.717) is 37.3 Å². The van der Waals surface area contributed by atoms with Crippen LogP contribution in [0.4, 0.5) is 0 Å². The summed E-state index contributed by atoms with van der Waals surface area (Å²) in [6.07, 6.45) is 3.77. The number of nitrogens with zero attached hydrogens (tertiary/aromatic N) is 1. The zero-order chi connectivity index (χ0) is 16.4. The van der Waals surface area contributed by atoms with Gasteiger partial charge in [0.15, 0.2) is 0 Å². The average Bonchev–Trinajstić information content (AvgIpc) is 3.06. The summed E-state index contributed by atoms with van der Waals surface area (Å²) in [5.41, 5.74) is 0. The highest BCUT2D eigenvalue weighted by Gasteiger charge is 2.36. The van der Waals surface area contributed by atoms with Gasteiger partial charge >= 0.3 is 5.97 Å². The minimum Gasteiger partial charge on any atom is -0.481 e. The molecule has 0 radical (unpaired) electrons. The van der Waals surface area contributed by atoms with Gasteiger partial charge in [0.25, 0.3) is 0 Å². The van der Waals surface area contributed by atoms with Crippen LogP contribution in [-0.4, -0.2) is 47.7 Å². The molecule has 2 fully saturated rings. The molecule has 1 N–H and O–H groups in total. The number of carbonyl (C=O) groups is 2. The molecule has 1 aliphatic carbocycles. The Kier molecular flexibility index (Phi) is 4.52. The fourth-order valence-electron chi connectivity index (χ4n) is 2.87. The van der Waals surface area contributed by atoms with E-state index < -0.39 is 12.1 Å². The molecule has 1 amide bonds. The summed E-state index contributed by atoms with van der Waals surface area (Å²) < 4.78 is 11.1. The van der Waals surface area contributed by atoms with E-state index >= 15 is 0 Å². The molecule has 0 spiro atoms. The van der Waals surface area contributed by atoms with Crippen LogP contribution in [0.1, 0.15) is 37.2 Å². The van der Waals surface area contributed by atoms with Gasteiger partial charge in [0, 0.05) is 25.1 Å². The van der Waals surface area contributed by atoms with Gasteiger partial charge in [0.2, 0.25) is 5.91 Å². The van der Waals surface area contributed by atoms with Gasteiger partial charge < -0.3 is 19.2 Å². The summed E-state index contributed by atoms with van der Waals surface area (Å²) >= 11 is 0. The number of carboxylic acid groups (broad SMARTS) is 1. The number of hydrogen-bond donors (Lipinski definition) is 1. The number of carbonyl (C=O) groups excluding carboxylic acids is 1. The molecule has 6 heteroatoms. The molecule has 6 nitrogen and oxygen atoms in total. The van der Waals surface area contributed by atoms with Gasteiger partial charge in [0.1, 0.15) is 11.5 Å². The molecule has 1 aromatic heterocycles. The highest BCUT2D eigenvalue weighted by molar-refractivity contribution is 5.91. The molecule has 3 unspecified atom stereocenters. The van der Waals surface area contributed by atoms with Gasteiger partial charge in [-0.15, -0.1) is 0 Å². The quantitative estimate of drug-likeness (QED) is 0.841. The van der Waals surface area contributed by atoms with Crippen molar-refractivity contribution in [2.24, 2.45) is 5.92 Å².